The molecule has 1 aromatic carbocycles. The van der Waals surface area contributed by atoms with Gasteiger partial charge in [-0.25, -0.2) is 4.98 Å². The first kappa shape index (κ1) is 14.8. The highest BCUT2D eigenvalue weighted by molar-refractivity contribution is 9.10. The van der Waals surface area contributed by atoms with Crippen LogP contribution in [0, 0.1) is 0 Å². The molecule has 1 aliphatic rings. The van der Waals surface area contributed by atoms with E-state index in [-0.39, 0.29) is 5.91 Å². The summed E-state index contributed by atoms with van der Waals surface area (Å²) in [6, 6.07) is 11.3. The zero-order chi connectivity index (χ0) is 15.7. The van der Waals surface area contributed by atoms with Gasteiger partial charge in [0.05, 0.1) is 6.54 Å². The van der Waals surface area contributed by atoms with Crippen molar-refractivity contribution in [2.75, 3.05) is 10.6 Å². The predicted molar refractivity (Wildman–Crippen MR) is 88.7 cm³/mol. The van der Waals surface area contributed by atoms with Crippen LogP contribution in [0.2, 0.25) is 0 Å². The van der Waals surface area contributed by atoms with Gasteiger partial charge in [0.15, 0.2) is 17.7 Å². The van der Waals surface area contributed by atoms with E-state index in [9.17, 15) is 4.79 Å². The largest absolute Gasteiger partial charge is 0.477 e. The third-order valence-electron chi connectivity index (χ3n) is 3.55. The maximum absolute atomic E-state index is 12.6. The van der Waals surface area contributed by atoms with E-state index in [2.05, 4.69) is 20.9 Å². The van der Waals surface area contributed by atoms with Crippen molar-refractivity contribution in [1.82, 2.24) is 4.98 Å². The van der Waals surface area contributed by atoms with Gasteiger partial charge in [-0.15, -0.1) is 0 Å². The van der Waals surface area contributed by atoms with Crippen LogP contribution in [0.25, 0.3) is 0 Å². The monoisotopic (exact) mass is 361 g/mol. The zero-order valence-electron chi connectivity index (χ0n) is 12.1. The SMILES string of the molecule is CCC1Oc2ccc(N)nc2N(Cc2ccc(Br)cc2)C1=O. The molecule has 1 aliphatic heterocycles. The number of halogens is 1. The summed E-state index contributed by atoms with van der Waals surface area (Å²) in [5.41, 5.74) is 6.78. The Balaban J connectivity index is 1.98. The third kappa shape index (κ3) is 2.78. The Hall–Kier alpha value is -2.08. The number of pyridine rings is 1. The molecule has 0 spiro atoms. The molecule has 2 aromatic rings. The van der Waals surface area contributed by atoms with Crippen molar-refractivity contribution >= 4 is 33.5 Å². The lowest BCUT2D eigenvalue weighted by molar-refractivity contribution is -0.126. The molecule has 0 bridgehead atoms. The Labute approximate surface area is 137 Å². The molecular formula is C16H16BrN3O2. The molecule has 6 heteroatoms. The molecule has 0 aliphatic carbocycles. The summed E-state index contributed by atoms with van der Waals surface area (Å²) in [6.07, 6.45) is 0.132. The van der Waals surface area contributed by atoms with Crippen LogP contribution in [-0.2, 0) is 11.3 Å². The van der Waals surface area contributed by atoms with E-state index in [0.29, 0.717) is 30.4 Å². The quantitative estimate of drug-likeness (QED) is 0.911. The molecule has 1 aromatic heterocycles. The van der Waals surface area contributed by atoms with Crippen LogP contribution in [0.3, 0.4) is 0 Å². The number of hydrogen-bond acceptors (Lipinski definition) is 4. The van der Waals surface area contributed by atoms with E-state index in [1.54, 1.807) is 17.0 Å². The normalized spacial score (nSPS) is 17.1. The molecule has 1 amide bonds. The number of amides is 1. The maximum atomic E-state index is 12.6. The van der Waals surface area contributed by atoms with Crippen LogP contribution in [0.15, 0.2) is 40.9 Å². The lowest BCUT2D eigenvalue weighted by Gasteiger charge is -2.33. The molecule has 0 radical (unpaired) electrons. The van der Waals surface area contributed by atoms with Gasteiger partial charge >= 0.3 is 0 Å². The van der Waals surface area contributed by atoms with Gasteiger partial charge in [0.1, 0.15) is 5.82 Å². The van der Waals surface area contributed by atoms with Crippen LogP contribution in [-0.4, -0.2) is 17.0 Å². The summed E-state index contributed by atoms with van der Waals surface area (Å²) in [4.78, 5) is 18.5. The van der Waals surface area contributed by atoms with Crippen LogP contribution in [0.4, 0.5) is 11.6 Å². The second-order valence-electron chi connectivity index (χ2n) is 5.12. The highest BCUT2D eigenvalue weighted by Crippen LogP contribution is 2.34. The van der Waals surface area contributed by atoms with Crippen LogP contribution >= 0.6 is 15.9 Å². The number of benzene rings is 1. The van der Waals surface area contributed by atoms with Crippen molar-refractivity contribution in [3.05, 3.63) is 46.4 Å². The summed E-state index contributed by atoms with van der Waals surface area (Å²) in [5.74, 6) is 1.36. The van der Waals surface area contributed by atoms with E-state index in [1.807, 2.05) is 31.2 Å². The number of ether oxygens (including phenoxy) is 1. The fourth-order valence-corrected chi connectivity index (χ4v) is 2.66. The molecule has 2 N–H and O–H groups in total. The van der Waals surface area contributed by atoms with Crippen molar-refractivity contribution in [3.8, 4) is 5.75 Å². The molecule has 1 atom stereocenters. The fourth-order valence-electron chi connectivity index (χ4n) is 2.40. The Morgan fingerprint density at radius 3 is 2.68 bits per heavy atom. The summed E-state index contributed by atoms with van der Waals surface area (Å²) < 4.78 is 6.72. The molecule has 5 nitrogen and oxygen atoms in total. The second kappa shape index (κ2) is 5.96. The minimum atomic E-state index is -0.478. The highest BCUT2D eigenvalue weighted by atomic mass is 79.9. The standard InChI is InChI=1S/C16H16BrN3O2/c1-2-12-16(21)20(9-10-3-5-11(17)6-4-10)15-13(22-12)7-8-14(18)19-15/h3-8,12H,2,9H2,1H3,(H2,18,19). The number of nitrogens with zero attached hydrogens (tertiary/aromatic N) is 2. The highest BCUT2D eigenvalue weighted by Gasteiger charge is 2.34. The maximum Gasteiger partial charge on any atom is 0.269 e. The molecule has 0 saturated carbocycles. The zero-order valence-corrected chi connectivity index (χ0v) is 13.7. The number of carbonyl (C=O) groups excluding carboxylic acids is 1. The first-order valence-corrected chi connectivity index (χ1v) is 7.86. The lowest BCUT2D eigenvalue weighted by atomic mass is 10.1. The Kier molecular flexibility index (Phi) is 4.02. The van der Waals surface area contributed by atoms with E-state index in [4.69, 9.17) is 10.5 Å². The first-order valence-electron chi connectivity index (χ1n) is 7.07. The Bertz CT molecular complexity index is 703. The molecular weight excluding hydrogens is 346 g/mol. The number of nitrogen functional groups attached to an aromatic ring is 1. The lowest BCUT2D eigenvalue weighted by Crippen LogP contribution is -2.45. The minimum absolute atomic E-state index is 0.0870. The fraction of sp³-hybridized carbons (Fsp3) is 0.250. The van der Waals surface area contributed by atoms with Crippen LogP contribution in [0.1, 0.15) is 18.9 Å². The van der Waals surface area contributed by atoms with Gasteiger partial charge in [-0.1, -0.05) is 35.0 Å². The Morgan fingerprint density at radius 2 is 2.00 bits per heavy atom. The predicted octanol–water partition coefficient (Wildman–Crippen LogP) is 3.13. The number of rotatable bonds is 3. The van der Waals surface area contributed by atoms with Gasteiger partial charge in [0.2, 0.25) is 0 Å². The molecule has 0 saturated heterocycles. The molecule has 22 heavy (non-hydrogen) atoms. The Morgan fingerprint density at radius 1 is 1.27 bits per heavy atom. The van der Waals surface area contributed by atoms with Gasteiger partial charge in [-0.05, 0) is 36.2 Å². The average Bonchev–Trinajstić information content (AvgIpc) is 2.52. The number of fused-ring (bicyclic) bond motifs is 1. The number of aromatic nitrogens is 1. The summed E-state index contributed by atoms with van der Waals surface area (Å²) in [5, 5.41) is 0. The van der Waals surface area contributed by atoms with Crippen molar-refractivity contribution in [3.63, 3.8) is 0 Å². The third-order valence-corrected chi connectivity index (χ3v) is 4.08. The topological polar surface area (TPSA) is 68.5 Å². The number of nitrogens with two attached hydrogens (primary N) is 1. The average molecular weight is 362 g/mol. The minimum Gasteiger partial charge on any atom is -0.477 e. The number of hydrogen-bond donors (Lipinski definition) is 1. The molecule has 1 unspecified atom stereocenters. The van der Waals surface area contributed by atoms with Crippen LogP contribution < -0.4 is 15.4 Å². The van der Waals surface area contributed by atoms with Gasteiger partial charge in [0, 0.05) is 4.47 Å². The smallest absolute Gasteiger partial charge is 0.269 e. The molecule has 2 heterocycles. The van der Waals surface area contributed by atoms with Crippen molar-refractivity contribution in [2.45, 2.75) is 26.0 Å². The van der Waals surface area contributed by atoms with Gasteiger partial charge in [0.25, 0.3) is 5.91 Å². The molecule has 0 fully saturated rings. The van der Waals surface area contributed by atoms with E-state index in [0.717, 1.165) is 10.0 Å². The summed E-state index contributed by atoms with van der Waals surface area (Å²) >= 11 is 3.41. The van der Waals surface area contributed by atoms with Crippen LogP contribution in [0.5, 0.6) is 5.75 Å². The molecule has 3 rings (SSSR count). The van der Waals surface area contributed by atoms with Gasteiger partial charge in [-0.2, -0.15) is 0 Å². The van der Waals surface area contributed by atoms with Crippen molar-refractivity contribution < 1.29 is 9.53 Å². The number of carbonyl (C=O) groups is 1. The van der Waals surface area contributed by atoms with Crippen molar-refractivity contribution in [1.29, 1.82) is 0 Å². The summed E-state index contributed by atoms with van der Waals surface area (Å²) in [7, 11) is 0. The molecule has 114 valence electrons. The van der Waals surface area contributed by atoms with E-state index in [1.165, 1.54) is 0 Å². The second-order valence-corrected chi connectivity index (χ2v) is 6.04. The van der Waals surface area contributed by atoms with Gasteiger partial charge < -0.3 is 10.5 Å². The van der Waals surface area contributed by atoms with E-state index >= 15 is 0 Å². The first-order chi connectivity index (χ1) is 10.6. The summed E-state index contributed by atoms with van der Waals surface area (Å²) in [6.45, 7) is 2.37. The van der Waals surface area contributed by atoms with E-state index < -0.39 is 6.10 Å². The number of anilines is 2. The van der Waals surface area contributed by atoms with Gasteiger partial charge in [-0.3, -0.25) is 9.69 Å². The van der Waals surface area contributed by atoms with Crippen molar-refractivity contribution in [2.24, 2.45) is 0 Å².